The maximum atomic E-state index is 12.8. The predicted octanol–water partition coefficient (Wildman–Crippen LogP) is 2.10. The van der Waals surface area contributed by atoms with Gasteiger partial charge in [0.05, 0.1) is 6.04 Å². The number of rotatable bonds is 5. The number of carbonyl (C=O) groups is 1. The van der Waals surface area contributed by atoms with Crippen LogP contribution in [0.15, 0.2) is 0 Å². The van der Waals surface area contributed by atoms with Crippen molar-refractivity contribution in [1.29, 1.82) is 0 Å². The molecule has 4 heteroatoms. The molecule has 0 aliphatic carbocycles. The minimum absolute atomic E-state index is 0.0339. The summed E-state index contributed by atoms with van der Waals surface area (Å²) in [5.41, 5.74) is 0. The van der Waals surface area contributed by atoms with Gasteiger partial charge in [-0.05, 0) is 44.7 Å². The molecule has 122 valence electrons. The second-order valence-corrected chi connectivity index (χ2v) is 7.34. The Kier molecular flexibility index (Phi) is 6.06. The lowest BCUT2D eigenvalue weighted by molar-refractivity contribution is -0.136. The minimum Gasteiger partial charge on any atom is -0.341 e. The van der Waals surface area contributed by atoms with E-state index in [-0.39, 0.29) is 6.04 Å². The van der Waals surface area contributed by atoms with Crippen LogP contribution in [0.5, 0.6) is 0 Å². The molecule has 1 atom stereocenters. The van der Waals surface area contributed by atoms with Crippen molar-refractivity contribution in [2.75, 3.05) is 26.2 Å². The van der Waals surface area contributed by atoms with Gasteiger partial charge in [-0.2, -0.15) is 0 Å². The van der Waals surface area contributed by atoms with Crippen molar-refractivity contribution in [3.8, 4) is 0 Å². The highest BCUT2D eigenvalue weighted by molar-refractivity contribution is 5.82. The predicted molar refractivity (Wildman–Crippen MR) is 87.3 cm³/mol. The van der Waals surface area contributed by atoms with Gasteiger partial charge in [0.25, 0.3) is 0 Å². The van der Waals surface area contributed by atoms with Crippen molar-refractivity contribution in [2.45, 2.75) is 71.5 Å². The first-order chi connectivity index (χ1) is 9.99. The highest BCUT2D eigenvalue weighted by Gasteiger charge is 2.32. The Morgan fingerprint density at radius 1 is 1.00 bits per heavy atom. The van der Waals surface area contributed by atoms with Gasteiger partial charge in [0.2, 0.25) is 5.91 Å². The number of hydrogen-bond donors (Lipinski definition) is 1. The van der Waals surface area contributed by atoms with Crippen LogP contribution in [0.2, 0.25) is 0 Å². The maximum absolute atomic E-state index is 12.8. The number of nitrogens with zero attached hydrogens (tertiary/aromatic N) is 2. The summed E-state index contributed by atoms with van der Waals surface area (Å²) in [5, 5.41) is 3.44. The highest BCUT2D eigenvalue weighted by Crippen LogP contribution is 2.22. The van der Waals surface area contributed by atoms with E-state index in [0.717, 1.165) is 25.9 Å². The van der Waals surface area contributed by atoms with Gasteiger partial charge in [-0.1, -0.05) is 27.7 Å². The fourth-order valence-electron chi connectivity index (χ4n) is 3.66. The minimum atomic E-state index is -0.0339. The molecule has 0 saturated carbocycles. The van der Waals surface area contributed by atoms with Gasteiger partial charge in [-0.3, -0.25) is 4.79 Å². The van der Waals surface area contributed by atoms with E-state index in [0.29, 0.717) is 23.9 Å². The van der Waals surface area contributed by atoms with Crippen molar-refractivity contribution in [3.05, 3.63) is 0 Å². The molecule has 2 fully saturated rings. The molecule has 0 aromatic rings. The van der Waals surface area contributed by atoms with Gasteiger partial charge in [0.15, 0.2) is 0 Å². The Morgan fingerprint density at radius 2 is 1.57 bits per heavy atom. The Labute approximate surface area is 130 Å². The molecule has 2 saturated heterocycles. The molecule has 2 rings (SSSR count). The Balaban J connectivity index is 1.86. The van der Waals surface area contributed by atoms with E-state index >= 15 is 0 Å². The van der Waals surface area contributed by atoms with Gasteiger partial charge in [-0.15, -0.1) is 0 Å². The summed E-state index contributed by atoms with van der Waals surface area (Å²) in [6, 6.07) is 1.03. The van der Waals surface area contributed by atoms with Crippen molar-refractivity contribution in [1.82, 2.24) is 15.1 Å². The average molecular weight is 295 g/mol. The molecule has 0 radical (unpaired) electrons. The maximum Gasteiger partial charge on any atom is 0.239 e. The summed E-state index contributed by atoms with van der Waals surface area (Å²) in [6.07, 6.45) is 5.01. The molecule has 0 aromatic carbocycles. The van der Waals surface area contributed by atoms with Crippen LogP contribution >= 0.6 is 0 Å². The van der Waals surface area contributed by atoms with Gasteiger partial charge in [0, 0.05) is 25.2 Å². The molecule has 21 heavy (non-hydrogen) atoms. The molecule has 1 amide bonds. The van der Waals surface area contributed by atoms with Crippen LogP contribution < -0.4 is 5.32 Å². The molecular formula is C17H33N3O. The fraction of sp³-hybridized carbons (Fsp3) is 0.941. The number of carbonyl (C=O) groups excluding carboxylic acids is 1. The SMILES string of the molecule is CC(C)NC(C(=O)N1CCC(N2CCCC2)CC1)C(C)C. The van der Waals surface area contributed by atoms with E-state index in [1.165, 1.54) is 25.9 Å². The van der Waals surface area contributed by atoms with Crippen LogP contribution in [-0.4, -0.2) is 60.0 Å². The number of piperidine rings is 1. The number of amides is 1. The summed E-state index contributed by atoms with van der Waals surface area (Å²) >= 11 is 0. The average Bonchev–Trinajstić information content (AvgIpc) is 2.98. The summed E-state index contributed by atoms with van der Waals surface area (Å²) in [5.74, 6) is 0.648. The van der Waals surface area contributed by atoms with Crippen molar-refractivity contribution in [3.63, 3.8) is 0 Å². The number of hydrogen-bond acceptors (Lipinski definition) is 3. The smallest absolute Gasteiger partial charge is 0.239 e. The van der Waals surface area contributed by atoms with Crippen molar-refractivity contribution < 1.29 is 4.79 Å². The Hall–Kier alpha value is -0.610. The molecule has 0 spiro atoms. The van der Waals surface area contributed by atoms with Gasteiger partial charge in [0.1, 0.15) is 0 Å². The van der Waals surface area contributed by atoms with E-state index in [1.54, 1.807) is 0 Å². The number of likely N-dealkylation sites (tertiary alicyclic amines) is 2. The lowest BCUT2D eigenvalue weighted by Gasteiger charge is -2.39. The molecule has 1 unspecified atom stereocenters. The second-order valence-electron chi connectivity index (χ2n) is 7.34. The third-order valence-electron chi connectivity index (χ3n) is 4.88. The zero-order chi connectivity index (χ0) is 15.4. The van der Waals surface area contributed by atoms with Crippen LogP contribution in [0.1, 0.15) is 53.4 Å². The van der Waals surface area contributed by atoms with Crippen LogP contribution in [-0.2, 0) is 4.79 Å². The highest BCUT2D eigenvalue weighted by atomic mass is 16.2. The first-order valence-electron chi connectivity index (χ1n) is 8.78. The third kappa shape index (κ3) is 4.43. The molecular weight excluding hydrogens is 262 g/mol. The zero-order valence-corrected chi connectivity index (χ0v) is 14.3. The van der Waals surface area contributed by atoms with Gasteiger partial charge >= 0.3 is 0 Å². The topological polar surface area (TPSA) is 35.6 Å². The lowest BCUT2D eigenvalue weighted by Crippen LogP contribution is -2.54. The summed E-state index contributed by atoms with van der Waals surface area (Å²) in [6.45, 7) is 12.9. The second kappa shape index (κ2) is 7.59. The third-order valence-corrected chi connectivity index (χ3v) is 4.88. The largest absolute Gasteiger partial charge is 0.341 e. The van der Waals surface area contributed by atoms with E-state index < -0.39 is 0 Å². The van der Waals surface area contributed by atoms with E-state index in [1.807, 2.05) is 0 Å². The summed E-state index contributed by atoms with van der Waals surface area (Å²) < 4.78 is 0. The van der Waals surface area contributed by atoms with E-state index in [2.05, 4.69) is 42.8 Å². The molecule has 2 aliphatic heterocycles. The Bertz CT molecular complexity index is 329. The monoisotopic (exact) mass is 295 g/mol. The molecule has 4 nitrogen and oxygen atoms in total. The summed E-state index contributed by atoms with van der Waals surface area (Å²) in [4.78, 5) is 17.5. The number of nitrogens with one attached hydrogen (secondary N) is 1. The first-order valence-corrected chi connectivity index (χ1v) is 8.78. The standard InChI is InChI=1S/C17H33N3O/c1-13(2)16(18-14(3)4)17(21)20-11-7-15(8-12-20)19-9-5-6-10-19/h13-16,18H,5-12H2,1-4H3. The van der Waals surface area contributed by atoms with Gasteiger partial charge < -0.3 is 15.1 Å². The summed E-state index contributed by atoms with van der Waals surface area (Å²) in [7, 11) is 0. The molecule has 0 bridgehead atoms. The van der Waals surface area contributed by atoms with Gasteiger partial charge in [-0.25, -0.2) is 0 Å². The molecule has 2 aliphatic rings. The molecule has 1 N–H and O–H groups in total. The fourth-order valence-corrected chi connectivity index (χ4v) is 3.66. The van der Waals surface area contributed by atoms with Crippen molar-refractivity contribution >= 4 is 5.91 Å². The van der Waals surface area contributed by atoms with Crippen LogP contribution in [0, 0.1) is 5.92 Å². The quantitative estimate of drug-likeness (QED) is 0.843. The normalized spacial score (nSPS) is 23.2. The zero-order valence-electron chi connectivity index (χ0n) is 14.3. The van der Waals surface area contributed by atoms with Crippen LogP contribution in [0.4, 0.5) is 0 Å². The van der Waals surface area contributed by atoms with Crippen molar-refractivity contribution in [2.24, 2.45) is 5.92 Å². The Morgan fingerprint density at radius 3 is 2.05 bits per heavy atom. The van der Waals surface area contributed by atoms with Crippen LogP contribution in [0.3, 0.4) is 0 Å². The lowest BCUT2D eigenvalue weighted by atomic mass is 9.98. The van der Waals surface area contributed by atoms with Crippen LogP contribution in [0.25, 0.3) is 0 Å². The molecule has 0 aromatic heterocycles. The first kappa shape index (κ1) is 16.8. The molecule has 2 heterocycles. The van der Waals surface area contributed by atoms with E-state index in [9.17, 15) is 4.79 Å². The van der Waals surface area contributed by atoms with E-state index in [4.69, 9.17) is 0 Å².